The topological polar surface area (TPSA) is 68.0 Å². The van der Waals surface area contributed by atoms with Crippen LogP contribution < -0.4 is 11.1 Å². The summed E-state index contributed by atoms with van der Waals surface area (Å²) >= 11 is 0. The lowest BCUT2D eigenvalue weighted by molar-refractivity contribution is -0.118. The van der Waals surface area contributed by atoms with Crippen LogP contribution in [-0.2, 0) is 4.79 Å². The van der Waals surface area contributed by atoms with E-state index >= 15 is 0 Å². The van der Waals surface area contributed by atoms with Gasteiger partial charge in [-0.15, -0.1) is 0 Å². The number of nitrogens with two attached hydrogens (primary N) is 1. The number of carbonyl (C=O) groups excluding carboxylic acids is 1. The van der Waals surface area contributed by atoms with Crippen molar-refractivity contribution in [2.75, 3.05) is 5.32 Å². The van der Waals surface area contributed by atoms with Gasteiger partial charge in [-0.2, -0.15) is 0 Å². The minimum absolute atomic E-state index is 0.170. The third-order valence-electron chi connectivity index (χ3n) is 2.81. The summed E-state index contributed by atoms with van der Waals surface area (Å²) in [5.41, 5.74) is 6.77. The minimum atomic E-state index is -0.480. The fourth-order valence-electron chi connectivity index (χ4n) is 1.33. The summed E-state index contributed by atoms with van der Waals surface area (Å²) < 4.78 is 0. The van der Waals surface area contributed by atoms with Gasteiger partial charge in [-0.25, -0.2) is 4.98 Å². The molecule has 0 spiro atoms. The average Bonchev–Trinajstić information content (AvgIpc) is 2.30. The molecule has 88 valence electrons. The van der Waals surface area contributed by atoms with Gasteiger partial charge in [-0.3, -0.25) is 4.79 Å². The summed E-state index contributed by atoms with van der Waals surface area (Å²) in [7, 11) is 0. The Bertz CT molecular complexity index is 365. The Hall–Kier alpha value is -1.42. The molecule has 2 atom stereocenters. The number of nitrogens with one attached hydrogen (secondary N) is 1. The van der Waals surface area contributed by atoms with E-state index in [0.717, 1.165) is 12.0 Å². The average molecular weight is 221 g/mol. The lowest BCUT2D eigenvalue weighted by Crippen LogP contribution is -2.40. The Kier molecular flexibility index (Phi) is 4.43. The van der Waals surface area contributed by atoms with Gasteiger partial charge < -0.3 is 11.1 Å². The molecule has 0 fully saturated rings. The maximum absolute atomic E-state index is 11.8. The monoisotopic (exact) mass is 221 g/mol. The second kappa shape index (κ2) is 5.61. The van der Waals surface area contributed by atoms with Gasteiger partial charge in [-0.1, -0.05) is 26.3 Å². The molecule has 4 nitrogen and oxygen atoms in total. The predicted molar refractivity (Wildman–Crippen MR) is 65.0 cm³/mol. The van der Waals surface area contributed by atoms with E-state index < -0.39 is 6.04 Å². The zero-order chi connectivity index (χ0) is 12.1. The van der Waals surface area contributed by atoms with Gasteiger partial charge >= 0.3 is 0 Å². The first-order chi connectivity index (χ1) is 7.56. The van der Waals surface area contributed by atoms with Crippen molar-refractivity contribution in [2.45, 2.75) is 33.2 Å². The lowest BCUT2D eigenvalue weighted by Gasteiger charge is -2.17. The number of nitrogens with zero attached hydrogens (tertiary/aromatic N) is 1. The Morgan fingerprint density at radius 2 is 2.31 bits per heavy atom. The molecule has 2 unspecified atom stereocenters. The molecule has 0 saturated carbocycles. The van der Waals surface area contributed by atoms with Crippen molar-refractivity contribution in [1.82, 2.24) is 4.98 Å². The standard InChI is InChI=1S/C12H19N3O/c1-4-8(2)10(13)12(16)15-11-9(3)6-5-7-14-11/h5-8,10H,4,13H2,1-3H3,(H,14,15,16). The zero-order valence-electron chi connectivity index (χ0n) is 10.0. The Morgan fingerprint density at radius 3 is 2.88 bits per heavy atom. The van der Waals surface area contributed by atoms with E-state index in [9.17, 15) is 4.79 Å². The van der Waals surface area contributed by atoms with Crippen molar-refractivity contribution in [2.24, 2.45) is 11.7 Å². The summed E-state index contributed by atoms with van der Waals surface area (Å²) in [5.74, 6) is 0.589. The maximum atomic E-state index is 11.8. The second-order valence-electron chi connectivity index (χ2n) is 4.07. The van der Waals surface area contributed by atoms with Crippen LogP contribution in [0, 0.1) is 12.8 Å². The zero-order valence-corrected chi connectivity index (χ0v) is 10.0. The molecule has 1 aromatic rings. The number of pyridine rings is 1. The van der Waals surface area contributed by atoms with Gasteiger partial charge in [0.25, 0.3) is 0 Å². The number of rotatable bonds is 4. The number of amides is 1. The fraction of sp³-hybridized carbons (Fsp3) is 0.500. The highest BCUT2D eigenvalue weighted by Crippen LogP contribution is 2.12. The van der Waals surface area contributed by atoms with Gasteiger partial charge in [-0.05, 0) is 24.5 Å². The van der Waals surface area contributed by atoms with Crippen LogP contribution >= 0.6 is 0 Å². The Balaban J connectivity index is 2.68. The third kappa shape index (κ3) is 3.03. The van der Waals surface area contributed by atoms with E-state index in [4.69, 9.17) is 5.73 Å². The first-order valence-corrected chi connectivity index (χ1v) is 5.54. The SMILES string of the molecule is CCC(C)C(N)C(=O)Nc1ncccc1C. The predicted octanol–water partition coefficient (Wildman–Crippen LogP) is 1.70. The van der Waals surface area contributed by atoms with E-state index in [0.29, 0.717) is 5.82 Å². The molecule has 1 amide bonds. The van der Waals surface area contributed by atoms with E-state index in [2.05, 4.69) is 10.3 Å². The number of hydrogen-bond donors (Lipinski definition) is 2. The van der Waals surface area contributed by atoms with Crippen molar-refractivity contribution in [3.05, 3.63) is 23.9 Å². The van der Waals surface area contributed by atoms with Crippen LogP contribution in [0.15, 0.2) is 18.3 Å². The number of aromatic nitrogens is 1. The minimum Gasteiger partial charge on any atom is -0.320 e. The Labute approximate surface area is 96.3 Å². The summed E-state index contributed by atoms with van der Waals surface area (Å²) in [6.07, 6.45) is 2.53. The van der Waals surface area contributed by atoms with Crippen LogP contribution in [0.4, 0.5) is 5.82 Å². The second-order valence-corrected chi connectivity index (χ2v) is 4.07. The first kappa shape index (κ1) is 12.6. The molecular weight excluding hydrogens is 202 g/mol. The summed E-state index contributed by atoms with van der Waals surface area (Å²) in [6, 6.07) is 3.25. The van der Waals surface area contributed by atoms with Gasteiger partial charge in [0.05, 0.1) is 6.04 Å². The van der Waals surface area contributed by atoms with Crippen LogP contribution in [0.2, 0.25) is 0 Å². The number of carbonyl (C=O) groups is 1. The summed E-state index contributed by atoms with van der Waals surface area (Å²) in [6.45, 7) is 5.89. The number of anilines is 1. The van der Waals surface area contributed by atoms with E-state index in [1.54, 1.807) is 6.20 Å². The quantitative estimate of drug-likeness (QED) is 0.813. The highest BCUT2D eigenvalue weighted by Gasteiger charge is 2.19. The molecule has 0 saturated heterocycles. The summed E-state index contributed by atoms with van der Waals surface area (Å²) in [4.78, 5) is 15.9. The van der Waals surface area contributed by atoms with Crippen LogP contribution in [0.1, 0.15) is 25.8 Å². The molecule has 1 heterocycles. The van der Waals surface area contributed by atoms with Crippen molar-refractivity contribution in [1.29, 1.82) is 0 Å². The van der Waals surface area contributed by atoms with Gasteiger partial charge in [0.15, 0.2) is 0 Å². The van der Waals surface area contributed by atoms with Crippen molar-refractivity contribution in [3.63, 3.8) is 0 Å². The number of aryl methyl sites for hydroxylation is 1. The third-order valence-corrected chi connectivity index (χ3v) is 2.81. The molecule has 1 rings (SSSR count). The van der Waals surface area contributed by atoms with Crippen molar-refractivity contribution in [3.8, 4) is 0 Å². The molecule has 3 N–H and O–H groups in total. The fourth-order valence-corrected chi connectivity index (χ4v) is 1.33. The molecule has 16 heavy (non-hydrogen) atoms. The molecule has 0 aliphatic rings. The maximum Gasteiger partial charge on any atom is 0.242 e. The molecule has 0 radical (unpaired) electrons. The van der Waals surface area contributed by atoms with Crippen molar-refractivity contribution < 1.29 is 4.79 Å². The first-order valence-electron chi connectivity index (χ1n) is 5.54. The summed E-state index contributed by atoms with van der Waals surface area (Å²) in [5, 5.41) is 2.75. The molecule has 1 aromatic heterocycles. The smallest absolute Gasteiger partial charge is 0.242 e. The molecule has 0 aliphatic carbocycles. The van der Waals surface area contributed by atoms with Gasteiger partial charge in [0.2, 0.25) is 5.91 Å². The lowest BCUT2D eigenvalue weighted by atomic mass is 9.99. The van der Waals surface area contributed by atoms with E-state index in [1.165, 1.54) is 0 Å². The van der Waals surface area contributed by atoms with Crippen LogP contribution in [0.3, 0.4) is 0 Å². The van der Waals surface area contributed by atoms with Crippen LogP contribution in [-0.4, -0.2) is 16.9 Å². The van der Waals surface area contributed by atoms with Crippen molar-refractivity contribution >= 4 is 11.7 Å². The van der Waals surface area contributed by atoms with E-state index in [1.807, 2.05) is 32.9 Å². The number of hydrogen-bond acceptors (Lipinski definition) is 3. The highest BCUT2D eigenvalue weighted by molar-refractivity contribution is 5.94. The Morgan fingerprint density at radius 1 is 1.62 bits per heavy atom. The normalized spacial score (nSPS) is 14.2. The van der Waals surface area contributed by atoms with Crippen LogP contribution in [0.5, 0.6) is 0 Å². The molecule has 0 bridgehead atoms. The molecule has 0 aromatic carbocycles. The van der Waals surface area contributed by atoms with Gasteiger partial charge in [0.1, 0.15) is 5.82 Å². The largest absolute Gasteiger partial charge is 0.320 e. The van der Waals surface area contributed by atoms with Gasteiger partial charge in [0, 0.05) is 6.20 Å². The van der Waals surface area contributed by atoms with E-state index in [-0.39, 0.29) is 11.8 Å². The highest BCUT2D eigenvalue weighted by atomic mass is 16.2. The van der Waals surface area contributed by atoms with Crippen LogP contribution in [0.25, 0.3) is 0 Å². The molecular formula is C12H19N3O. The molecule has 4 heteroatoms. The molecule has 0 aliphatic heterocycles.